The summed E-state index contributed by atoms with van der Waals surface area (Å²) in [4.78, 5) is 38.1. The topological polar surface area (TPSA) is 66.5 Å². The summed E-state index contributed by atoms with van der Waals surface area (Å²) in [6.45, 7) is 5.96. The zero-order chi connectivity index (χ0) is 16.1. The number of rotatable bonds is 2. The van der Waals surface area contributed by atoms with Crippen molar-refractivity contribution < 1.29 is 15.8 Å². The largest absolute Gasteiger partial charge is 0.303 e. The Balaban J connectivity index is 0.00000192. The van der Waals surface area contributed by atoms with Gasteiger partial charge in [-0.05, 0) is 18.9 Å². The first-order valence-corrected chi connectivity index (χ1v) is 7.79. The number of allylic oxidation sites excluding steroid dienone is 4. The predicted octanol–water partition coefficient (Wildman–Crippen LogP) is 1.96. The monoisotopic (exact) mass is 303 g/mol. The molecule has 0 aromatic carbocycles. The number of imide groups is 1. The number of hydrogen-bond acceptors (Lipinski definition) is 3. The molecule has 22 heavy (non-hydrogen) atoms. The molecular weight excluding hydrogens is 280 g/mol. The number of carbonyl (C=O) groups excluding carboxylic acids is 3. The van der Waals surface area contributed by atoms with Crippen LogP contribution in [0.25, 0.3) is 0 Å². The van der Waals surface area contributed by atoms with Gasteiger partial charge in [-0.15, -0.1) is 0 Å². The predicted molar refractivity (Wildman–Crippen MR) is 83.2 cm³/mol. The van der Waals surface area contributed by atoms with Crippen molar-refractivity contribution >= 4 is 17.7 Å². The van der Waals surface area contributed by atoms with Crippen molar-refractivity contribution in [2.75, 3.05) is 0 Å². The molecule has 0 saturated carbocycles. The molecule has 0 aromatic heterocycles. The highest BCUT2D eigenvalue weighted by Crippen LogP contribution is 2.52. The van der Waals surface area contributed by atoms with Crippen LogP contribution in [0.1, 0.15) is 41.5 Å². The molecule has 3 aliphatic rings. The van der Waals surface area contributed by atoms with Gasteiger partial charge in [0.15, 0.2) is 0 Å². The summed E-state index contributed by atoms with van der Waals surface area (Å²) in [5.41, 5.74) is 0.327. The molecule has 3 amide bonds. The second-order valence-corrected chi connectivity index (χ2v) is 6.68. The molecule has 0 aromatic rings. The summed E-state index contributed by atoms with van der Waals surface area (Å²) in [5.74, 6) is 0.565. The maximum Gasteiger partial charge on any atom is 0.249 e. The van der Waals surface area contributed by atoms with Crippen molar-refractivity contribution in [2.24, 2.45) is 11.3 Å². The average molecular weight is 303 g/mol. The van der Waals surface area contributed by atoms with Crippen LogP contribution in [0.3, 0.4) is 0 Å². The molecule has 2 atom stereocenters. The fourth-order valence-electron chi connectivity index (χ4n) is 3.83. The van der Waals surface area contributed by atoms with Crippen LogP contribution >= 0.6 is 0 Å². The Hall–Kier alpha value is -1.91. The third kappa shape index (κ3) is 2.02. The second kappa shape index (κ2) is 5.07. The van der Waals surface area contributed by atoms with Crippen molar-refractivity contribution in [3.05, 3.63) is 29.8 Å². The number of carbonyl (C=O) groups is 3. The molecule has 3 rings (SSSR count). The fourth-order valence-corrected chi connectivity index (χ4v) is 3.83. The normalized spacial score (nSPS) is 31.1. The minimum Gasteiger partial charge on any atom is -0.303 e. The average Bonchev–Trinajstić information content (AvgIpc) is 2.68. The summed E-state index contributed by atoms with van der Waals surface area (Å²) in [6.07, 6.45) is 7.48. The lowest BCUT2D eigenvalue weighted by molar-refractivity contribution is -0.145. The van der Waals surface area contributed by atoms with E-state index in [9.17, 15) is 14.4 Å². The number of hydrogen-bond donors (Lipinski definition) is 1. The second-order valence-electron chi connectivity index (χ2n) is 6.68. The van der Waals surface area contributed by atoms with E-state index in [4.69, 9.17) is 0 Å². The molecule has 1 aliphatic carbocycles. The lowest BCUT2D eigenvalue weighted by atomic mass is 9.70. The van der Waals surface area contributed by atoms with Crippen LogP contribution in [0, 0.1) is 17.3 Å². The van der Waals surface area contributed by atoms with E-state index in [0.29, 0.717) is 6.42 Å². The molecule has 0 spiro atoms. The Bertz CT molecular complexity index is 609. The van der Waals surface area contributed by atoms with Gasteiger partial charge in [0.2, 0.25) is 17.7 Å². The van der Waals surface area contributed by atoms with Crippen molar-refractivity contribution in [3.8, 4) is 0 Å². The van der Waals surface area contributed by atoms with Crippen LogP contribution in [-0.4, -0.2) is 28.7 Å². The van der Waals surface area contributed by atoms with E-state index >= 15 is 0 Å². The first-order valence-electron chi connectivity index (χ1n) is 7.79. The minimum absolute atomic E-state index is 0. The van der Waals surface area contributed by atoms with Gasteiger partial charge in [-0.25, -0.2) is 0 Å². The van der Waals surface area contributed by atoms with Gasteiger partial charge in [-0.2, -0.15) is 0 Å². The van der Waals surface area contributed by atoms with E-state index < -0.39 is 11.5 Å². The molecular formula is C17H23N2O3. The van der Waals surface area contributed by atoms with E-state index in [1.165, 1.54) is 5.92 Å². The Morgan fingerprint density at radius 2 is 2.09 bits per heavy atom. The van der Waals surface area contributed by atoms with Crippen molar-refractivity contribution in [3.63, 3.8) is 0 Å². The highest BCUT2D eigenvalue weighted by molar-refractivity contribution is 6.03. The molecule has 2 unspecified atom stereocenters. The highest BCUT2D eigenvalue weighted by Gasteiger charge is 2.56. The van der Waals surface area contributed by atoms with Crippen LogP contribution in [-0.2, 0) is 14.4 Å². The molecule has 119 valence electrons. The summed E-state index contributed by atoms with van der Waals surface area (Å²) in [7, 11) is 0. The van der Waals surface area contributed by atoms with Gasteiger partial charge in [0.05, 0.1) is 5.41 Å². The summed E-state index contributed by atoms with van der Waals surface area (Å²) >= 11 is 0. The smallest absolute Gasteiger partial charge is 0.249 e. The molecule has 2 saturated heterocycles. The molecule has 5 nitrogen and oxygen atoms in total. The van der Waals surface area contributed by atoms with E-state index in [1.807, 2.05) is 26.0 Å². The number of piperidine rings is 1. The molecule has 2 heterocycles. The summed E-state index contributed by atoms with van der Waals surface area (Å²) in [6, 6.07) is -0.578. The quantitative estimate of drug-likeness (QED) is 0.793. The zero-order valence-electron chi connectivity index (χ0n) is 13.2. The van der Waals surface area contributed by atoms with Gasteiger partial charge in [0, 0.05) is 25.4 Å². The molecule has 0 bridgehead atoms. The highest BCUT2D eigenvalue weighted by atomic mass is 16.2. The van der Waals surface area contributed by atoms with Gasteiger partial charge < -0.3 is 4.90 Å². The Morgan fingerprint density at radius 3 is 2.73 bits per heavy atom. The molecule has 5 heteroatoms. The first-order chi connectivity index (χ1) is 10.4. The third-order valence-electron chi connectivity index (χ3n) is 4.94. The number of likely N-dealkylation sites (tertiary alicyclic amines) is 1. The lowest BCUT2D eigenvalue weighted by Gasteiger charge is -2.33. The van der Waals surface area contributed by atoms with Gasteiger partial charge in [-0.3, -0.25) is 19.7 Å². The van der Waals surface area contributed by atoms with E-state index in [2.05, 4.69) is 18.3 Å². The Kier molecular flexibility index (Phi) is 3.46. The lowest BCUT2D eigenvalue weighted by Crippen LogP contribution is -2.53. The maximum atomic E-state index is 13.0. The van der Waals surface area contributed by atoms with Crippen LogP contribution < -0.4 is 5.32 Å². The Labute approximate surface area is 131 Å². The first kappa shape index (κ1) is 15.0. The third-order valence-corrected chi connectivity index (χ3v) is 4.94. The molecule has 1 radical (unpaired) electrons. The van der Waals surface area contributed by atoms with Crippen molar-refractivity contribution in [1.29, 1.82) is 0 Å². The fraction of sp³-hybridized carbons (Fsp3) is 0.529. The van der Waals surface area contributed by atoms with E-state index in [1.54, 1.807) is 4.90 Å². The zero-order valence-corrected chi connectivity index (χ0v) is 13.2. The SMILES string of the molecule is CC[C]1C=CC=C2C1C(C)(C)C(=O)N2C1CCC(=O)NC1=O.[HH]. The summed E-state index contributed by atoms with van der Waals surface area (Å²) < 4.78 is 0. The minimum atomic E-state index is -0.578. The molecule has 1 N–H and O–H groups in total. The molecule has 2 aliphatic heterocycles. The van der Waals surface area contributed by atoms with Crippen LogP contribution in [0.4, 0.5) is 0 Å². The maximum absolute atomic E-state index is 13.0. The van der Waals surface area contributed by atoms with E-state index in [0.717, 1.165) is 12.1 Å². The van der Waals surface area contributed by atoms with Gasteiger partial charge >= 0.3 is 0 Å². The number of fused-ring (bicyclic) bond motifs is 1. The number of nitrogens with zero attached hydrogens (tertiary/aromatic N) is 1. The van der Waals surface area contributed by atoms with E-state index in [-0.39, 0.29) is 31.5 Å². The standard InChI is InChI=1S/C17H21N2O3.H2/c1-4-10-6-5-7-11-14(10)17(2,3)16(22)19(11)12-8-9-13(20)18-15(12)21;/h5-7,12,14H,4,8-9H2,1-3H3,(H,18,20,21);1H. The molecule has 2 fully saturated rings. The van der Waals surface area contributed by atoms with Crippen LogP contribution in [0.5, 0.6) is 0 Å². The van der Waals surface area contributed by atoms with Crippen molar-refractivity contribution in [2.45, 2.75) is 46.1 Å². The van der Waals surface area contributed by atoms with Crippen molar-refractivity contribution in [1.82, 2.24) is 10.2 Å². The number of amides is 3. The van der Waals surface area contributed by atoms with Gasteiger partial charge in [0.25, 0.3) is 0 Å². The van der Waals surface area contributed by atoms with Gasteiger partial charge in [-0.1, -0.05) is 32.9 Å². The van der Waals surface area contributed by atoms with Gasteiger partial charge in [0.1, 0.15) is 6.04 Å². The number of nitrogens with one attached hydrogen (secondary N) is 1. The van der Waals surface area contributed by atoms with Crippen LogP contribution in [0.2, 0.25) is 0 Å². The summed E-state index contributed by atoms with van der Waals surface area (Å²) in [5, 5.41) is 2.35. The Morgan fingerprint density at radius 1 is 1.36 bits per heavy atom. The van der Waals surface area contributed by atoms with Crippen LogP contribution in [0.15, 0.2) is 23.9 Å².